The summed E-state index contributed by atoms with van der Waals surface area (Å²) < 4.78 is 22.8. The van der Waals surface area contributed by atoms with Crippen LogP contribution in [0.3, 0.4) is 0 Å². The van der Waals surface area contributed by atoms with E-state index in [2.05, 4.69) is 5.32 Å². The fourth-order valence-electron chi connectivity index (χ4n) is 1.86. The smallest absolute Gasteiger partial charge is 0.175 e. The van der Waals surface area contributed by atoms with Gasteiger partial charge in [-0.15, -0.1) is 11.8 Å². The van der Waals surface area contributed by atoms with Crippen molar-refractivity contribution in [1.29, 1.82) is 0 Å². The first-order valence-electron chi connectivity index (χ1n) is 6.48. The Balaban J connectivity index is 2.70. The molecular weight excluding hydrogens is 294 g/mol. The van der Waals surface area contributed by atoms with Crippen LogP contribution >= 0.6 is 11.8 Å². The van der Waals surface area contributed by atoms with E-state index in [1.807, 2.05) is 20.8 Å². The largest absolute Gasteiger partial charge is 0.394 e. The molecule has 1 unspecified atom stereocenters. The lowest BCUT2D eigenvalue weighted by atomic mass is 10.1. The van der Waals surface area contributed by atoms with E-state index in [1.54, 1.807) is 36.0 Å². The number of aliphatic hydroxyl groups excluding tert-OH is 1. The highest BCUT2D eigenvalue weighted by atomic mass is 32.2. The third-order valence-corrected chi connectivity index (χ3v) is 5.31. The van der Waals surface area contributed by atoms with Gasteiger partial charge in [0.2, 0.25) is 0 Å². The van der Waals surface area contributed by atoms with Crippen LogP contribution in [0.25, 0.3) is 0 Å². The van der Waals surface area contributed by atoms with Crippen molar-refractivity contribution < 1.29 is 13.5 Å². The quantitative estimate of drug-likeness (QED) is 0.752. The summed E-state index contributed by atoms with van der Waals surface area (Å²) in [5, 5.41) is 12.9. The fraction of sp³-hybridized carbons (Fsp3) is 0.571. The second kappa shape index (κ2) is 6.93. The Morgan fingerprint density at radius 3 is 2.25 bits per heavy atom. The summed E-state index contributed by atoms with van der Waals surface area (Å²) in [6.45, 7) is 6.11. The van der Waals surface area contributed by atoms with Crippen LogP contribution in [0.2, 0.25) is 0 Å². The molecule has 20 heavy (non-hydrogen) atoms. The van der Waals surface area contributed by atoms with E-state index in [9.17, 15) is 13.5 Å². The van der Waals surface area contributed by atoms with Crippen LogP contribution in [0.5, 0.6) is 0 Å². The summed E-state index contributed by atoms with van der Waals surface area (Å²) in [7, 11) is -3.15. The average molecular weight is 317 g/mol. The van der Waals surface area contributed by atoms with Gasteiger partial charge in [0, 0.05) is 28.5 Å². The Labute approximate surface area is 125 Å². The van der Waals surface area contributed by atoms with Crippen molar-refractivity contribution in [3.63, 3.8) is 0 Å². The summed E-state index contributed by atoms with van der Waals surface area (Å²) in [5.74, 6) is 0.708. The molecule has 0 aliphatic carbocycles. The molecule has 0 aromatic heterocycles. The van der Waals surface area contributed by atoms with Gasteiger partial charge in [0.15, 0.2) is 9.84 Å². The third kappa shape index (κ3) is 5.44. The van der Waals surface area contributed by atoms with Gasteiger partial charge in [-0.25, -0.2) is 8.42 Å². The zero-order chi connectivity index (χ0) is 15.4. The number of aliphatic hydroxyl groups is 1. The standard InChI is InChI=1S/C14H23NO3S2/c1-11(2)15-14(3,9-16)10-19-12-5-7-13(8-6-12)20(4,17)18/h5-8,11,15-16H,9-10H2,1-4H3. The minimum Gasteiger partial charge on any atom is -0.394 e. The highest BCUT2D eigenvalue weighted by molar-refractivity contribution is 7.99. The van der Waals surface area contributed by atoms with Crippen molar-refractivity contribution in [2.24, 2.45) is 0 Å². The van der Waals surface area contributed by atoms with E-state index in [0.717, 1.165) is 4.90 Å². The van der Waals surface area contributed by atoms with Crippen LogP contribution in [0.1, 0.15) is 20.8 Å². The van der Waals surface area contributed by atoms with Crippen molar-refractivity contribution in [3.8, 4) is 0 Å². The van der Waals surface area contributed by atoms with Crippen LogP contribution in [-0.4, -0.2) is 43.7 Å². The molecule has 1 rings (SSSR count). The molecule has 0 fully saturated rings. The Morgan fingerprint density at radius 2 is 1.85 bits per heavy atom. The van der Waals surface area contributed by atoms with Crippen LogP contribution < -0.4 is 5.32 Å². The minimum atomic E-state index is -3.15. The molecule has 1 aromatic carbocycles. The fourth-order valence-corrected chi connectivity index (χ4v) is 3.47. The first-order valence-corrected chi connectivity index (χ1v) is 9.35. The number of rotatable bonds is 7. The molecular formula is C14H23NO3S2. The topological polar surface area (TPSA) is 66.4 Å². The summed E-state index contributed by atoms with van der Waals surface area (Å²) in [6.07, 6.45) is 1.20. The average Bonchev–Trinajstić information content (AvgIpc) is 2.35. The molecule has 4 nitrogen and oxygen atoms in total. The van der Waals surface area contributed by atoms with Gasteiger partial charge in [-0.3, -0.25) is 0 Å². The van der Waals surface area contributed by atoms with E-state index in [0.29, 0.717) is 16.7 Å². The SMILES string of the molecule is CC(C)NC(C)(CO)CSc1ccc(S(C)(=O)=O)cc1. The molecule has 6 heteroatoms. The van der Waals surface area contributed by atoms with Crippen LogP contribution in [0, 0.1) is 0 Å². The van der Waals surface area contributed by atoms with E-state index >= 15 is 0 Å². The van der Waals surface area contributed by atoms with E-state index in [4.69, 9.17) is 0 Å². The first-order chi connectivity index (χ1) is 9.16. The van der Waals surface area contributed by atoms with Gasteiger partial charge < -0.3 is 10.4 Å². The first kappa shape index (κ1) is 17.5. The molecule has 0 saturated heterocycles. The normalized spacial score (nSPS) is 15.3. The molecule has 0 amide bonds. The zero-order valence-corrected chi connectivity index (χ0v) is 14.0. The number of hydrogen-bond acceptors (Lipinski definition) is 5. The van der Waals surface area contributed by atoms with Crippen LogP contribution in [-0.2, 0) is 9.84 Å². The number of hydrogen-bond donors (Lipinski definition) is 2. The lowest BCUT2D eigenvalue weighted by Gasteiger charge is -2.30. The van der Waals surface area contributed by atoms with E-state index < -0.39 is 9.84 Å². The van der Waals surface area contributed by atoms with Gasteiger partial charge in [-0.2, -0.15) is 0 Å². The summed E-state index contributed by atoms with van der Waals surface area (Å²) in [5.41, 5.74) is -0.353. The minimum absolute atomic E-state index is 0.0552. The molecule has 0 aliphatic heterocycles. The van der Waals surface area contributed by atoms with Crippen molar-refractivity contribution in [2.45, 2.75) is 42.1 Å². The maximum absolute atomic E-state index is 11.4. The molecule has 0 saturated carbocycles. The predicted molar refractivity (Wildman–Crippen MR) is 84.0 cm³/mol. The summed E-state index contributed by atoms with van der Waals surface area (Å²) >= 11 is 1.60. The zero-order valence-electron chi connectivity index (χ0n) is 12.4. The Kier molecular flexibility index (Phi) is 6.06. The second-order valence-corrected chi connectivity index (χ2v) is 8.61. The number of sulfone groups is 1. The van der Waals surface area contributed by atoms with Gasteiger partial charge in [0.1, 0.15) is 0 Å². The van der Waals surface area contributed by atoms with Gasteiger partial charge in [0.25, 0.3) is 0 Å². The highest BCUT2D eigenvalue weighted by Gasteiger charge is 2.24. The van der Waals surface area contributed by atoms with Gasteiger partial charge in [-0.1, -0.05) is 13.8 Å². The van der Waals surface area contributed by atoms with Crippen molar-refractivity contribution in [2.75, 3.05) is 18.6 Å². The van der Waals surface area contributed by atoms with Crippen molar-refractivity contribution in [1.82, 2.24) is 5.32 Å². The van der Waals surface area contributed by atoms with E-state index in [1.165, 1.54) is 6.26 Å². The number of nitrogens with one attached hydrogen (secondary N) is 1. The van der Waals surface area contributed by atoms with Gasteiger partial charge in [-0.05, 0) is 31.2 Å². The molecule has 0 bridgehead atoms. The molecule has 114 valence electrons. The Morgan fingerprint density at radius 1 is 1.30 bits per heavy atom. The van der Waals surface area contributed by atoms with Gasteiger partial charge in [0.05, 0.1) is 11.5 Å². The lowest BCUT2D eigenvalue weighted by Crippen LogP contribution is -2.51. The lowest BCUT2D eigenvalue weighted by molar-refractivity contribution is 0.183. The molecule has 0 aliphatic rings. The van der Waals surface area contributed by atoms with Crippen molar-refractivity contribution >= 4 is 21.6 Å². The van der Waals surface area contributed by atoms with Crippen LogP contribution in [0.15, 0.2) is 34.1 Å². The molecule has 1 aromatic rings. The number of thioether (sulfide) groups is 1. The molecule has 0 heterocycles. The Hall–Kier alpha value is -0.560. The van der Waals surface area contributed by atoms with Crippen molar-refractivity contribution in [3.05, 3.63) is 24.3 Å². The molecule has 0 spiro atoms. The summed E-state index contributed by atoms with van der Waals surface area (Å²) in [6, 6.07) is 7.12. The highest BCUT2D eigenvalue weighted by Crippen LogP contribution is 2.24. The predicted octanol–water partition coefficient (Wildman–Crippen LogP) is 1.93. The number of benzene rings is 1. The maximum atomic E-state index is 11.4. The Bertz CT molecular complexity index is 526. The third-order valence-electron chi connectivity index (χ3n) is 2.80. The van der Waals surface area contributed by atoms with Crippen LogP contribution in [0.4, 0.5) is 0 Å². The monoisotopic (exact) mass is 317 g/mol. The second-order valence-electron chi connectivity index (χ2n) is 5.55. The molecule has 2 N–H and O–H groups in total. The van der Waals surface area contributed by atoms with Gasteiger partial charge >= 0.3 is 0 Å². The summed E-state index contributed by atoms with van der Waals surface area (Å²) in [4.78, 5) is 1.31. The molecule has 0 radical (unpaired) electrons. The molecule has 1 atom stereocenters. The van der Waals surface area contributed by atoms with E-state index in [-0.39, 0.29) is 12.1 Å². The maximum Gasteiger partial charge on any atom is 0.175 e.